The summed E-state index contributed by atoms with van der Waals surface area (Å²) in [6, 6.07) is 5.67. The molecule has 0 spiro atoms. The lowest BCUT2D eigenvalue weighted by atomic mass is 10.1. The number of aromatic nitrogens is 2. The van der Waals surface area contributed by atoms with E-state index in [0.717, 1.165) is 16.6 Å². The zero-order valence-corrected chi connectivity index (χ0v) is 13.9. The molecular formula is C18H20N4O2. The van der Waals surface area contributed by atoms with Gasteiger partial charge in [-0.2, -0.15) is 0 Å². The maximum atomic E-state index is 12.4. The van der Waals surface area contributed by atoms with Gasteiger partial charge in [-0.1, -0.05) is 6.08 Å². The van der Waals surface area contributed by atoms with E-state index in [1.54, 1.807) is 17.0 Å². The molecule has 0 saturated carbocycles. The molecule has 0 bridgehead atoms. The van der Waals surface area contributed by atoms with Crippen molar-refractivity contribution in [1.82, 2.24) is 14.9 Å². The second kappa shape index (κ2) is 6.39. The number of amides is 2. The number of carbonyl (C=O) groups excluding carboxylic acids is 2. The molecule has 0 unspecified atom stereocenters. The van der Waals surface area contributed by atoms with Crippen molar-refractivity contribution < 1.29 is 9.59 Å². The van der Waals surface area contributed by atoms with Gasteiger partial charge in [-0.25, -0.2) is 9.97 Å². The molecule has 2 aromatic heterocycles. The summed E-state index contributed by atoms with van der Waals surface area (Å²) in [6.07, 6.45) is 1.89. The van der Waals surface area contributed by atoms with Crippen molar-refractivity contribution in [3.8, 4) is 0 Å². The molecule has 0 radical (unpaired) electrons. The average Bonchev–Trinajstić information content (AvgIpc) is 2.88. The predicted octanol–water partition coefficient (Wildman–Crippen LogP) is 2.22. The highest BCUT2D eigenvalue weighted by atomic mass is 16.2. The minimum atomic E-state index is -0.359. The molecule has 0 aliphatic carbocycles. The fraction of sp³-hybridized carbons (Fsp3) is 0.333. The Kier molecular flexibility index (Phi) is 4.29. The largest absolute Gasteiger partial charge is 0.338 e. The van der Waals surface area contributed by atoms with Crippen molar-refractivity contribution in [2.45, 2.75) is 20.3 Å². The summed E-state index contributed by atoms with van der Waals surface area (Å²) in [5.74, 6) is -0.109. The van der Waals surface area contributed by atoms with Crippen LogP contribution in [0.4, 0.5) is 5.82 Å². The summed E-state index contributed by atoms with van der Waals surface area (Å²) in [5.41, 5.74) is 2.60. The molecule has 124 valence electrons. The van der Waals surface area contributed by atoms with E-state index in [2.05, 4.69) is 21.9 Å². The number of pyridine rings is 2. The number of hydrogen-bond acceptors (Lipinski definition) is 4. The number of nitrogens with zero attached hydrogens (tertiary/aromatic N) is 3. The third-order valence-corrected chi connectivity index (χ3v) is 4.19. The van der Waals surface area contributed by atoms with E-state index in [9.17, 15) is 9.59 Å². The topological polar surface area (TPSA) is 75.2 Å². The Morgan fingerprint density at radius 1 is 1.42 bits per heavy atom. The Labute approximate surface area is 140 Å². The monoisotopic (exact) mass is 324 g/mol. The van der Waals surface area contributed by atoms with Gasteiger partial charge in [0.1, 0.15) is 5.82 Å². The zero-order chi connectivity index (χ0) is 17.3. The number of fused-ring (bicyclic) bond motifs is 1. The molecule has 24 heavy (non-hydrogen) atoms. The van der Waals surface area contributed by atoms with Gasteiger partial charge in [0.05, 0.1) is 5.92 Å². The second-order valence-electron chi connectivity index (χ2n) is 6.13. The first kappa shape index (κ1) is 16.1. The van der Waals surface area contributed by atoms with Crippen molar-refractivity contribution in [1.29, 1.82) is 0 Å². The fourth-order valence-corrected chi connectivity index (χ4v) is 3.01. The van der Waals surface area contributed by atoms with Crippen LogP contribution in [0.15, 0.2) is 30.9 Å². The maximum absolute atomic E-state index is 12.4. The third-order valence-electron chi connectivity index (χ3n) is 4.19. The first-order valence-electron chi connectivity index (χ1n) is 7.92. The summed E-state index contributed by atoms with van der Waals surface area (Å²) in [4.78, 5) is 34.7. The van der Waals surface area contributed by atoms with Crippen molar-refractivity contribution in [2.24, 2.45) is 5.92 Å². The Balaban J connectivity index is 1.76. The second-order valence-corrected chi connectivity index (χ2v) is 6.13. The summed E-state index contributed by atoms with van der Waals surface area (Å²) < 4.78 is 0. The summed E-state index contributed by atoms with van der Waals surface area (Å²) in [7, 11) is 0. The van der Waals surface area contributed by atoms with Crippen LogP contribution in [0.2, 0.25) is 0 Å². The lowest BCUT2D eigenvalue weighted by Crippen LogP contribution is -2.28. The number of rotatable bonds is 4. The molecule has 1 aliphatic heterocycles. The lowest BCUT2D eigenvalue weighted by Gasteiger charge is -2.14. The van der Waals surface area contributed by atoms with Crippen LogP contribution in [0.25, 0.3) is 11.0 Å². The van der Waals surface area contributed by atoms with Crippen molar-refractivity contribution in [3.05, 3.63) is 42.1 Å². The summed E-state index contributed by atoms with van der Waals surface area (Å²) >= 11 is 0. The minimum absolute atomic E-state index is 0.0190. The van der Waals surface area contributed by atoms with E-state index in [1.165, 1.54) is 0 Å². The highest BCUT2D eigenvalue weighted by molar-refractivity contribution is 5.97. The van der Waals surface area contributed by atoms with Gasteiger partial charge in [-0.15, -0.1) is 6.58 Å². The standard InChI is InChI=1S/C18H20N4O2/c1-4-7-22-10-13(9-16(22)23)18(24)21-15-6-5-14-11(2)8-12(3)19-17(14)20-15/h4-6,8,13H,1,7,9-10H2,2-3H3,(H,19,20,21,24)/t13-/m0/s1. The molecule has 3 heterocycles. The third kappa shape index (κ3) is 3.13. The minimum Gasteiger partial charge on any atom is -0.338 e. The van der Waals surface area contributed by atoms with E-state index in [-0.39, 0.29) is 24.2 Å². The van der Waals surface area contributed by atoms with Crippen molar-refractivity contribution in [3.63, 3.8) is 0 Å². The van der Waals surface area contributed by atoms with Crippen LogP contribution in [0, 0.1) is 19.8 Å². The molecule has 2 aromatic rings. The zero-order valence-electron chi connectivity index (χ0n) is 13.9. The summed E-state index contributed by atoms with van der Waals surface area (Å²) in [6.45, 7) is 8.44. The molecular weight excluding hydrogens is 304 g/mol. The first-order valence-corrected chi connectivity index (χ1v) is 7.92. The Morgan fingerprint density at radius 2 is 2.21 bits per heavy atom. The van der Waals surface area contributed by atoms with Crippen molar-refractivity contribution >= 4 is 28.7 Å². The molecule has 0 aromatic carbocycles. The van der Waals surface area contributed by atoms with Crippen LogP contribution >= 0.6 is 0 Å². The van der Waals surface area contributed by atoms with Gasteiger partial charge in [-0.3, -0.25) is 9.59 Å². The van der Waals surface area contributed by atoms with E-state index >= 15 is 0 Å². The van der Waals surface area contributed by atoms with E-state index in [4.69, 9.17) is 0 Å². The fourth-order valence-electron chi connectivity index (χ4n) is 3.01. The quantitative estimate of drug-likeness (QED) is 0.875. The van der Waals surface area contributed by atoms with Gasteiger partial charge in [0.25, 0.3) is 0 Å². The Bertz CT molecular complexity index is 831. The number of nitrogens with one attached hydrogen (secondary N) is 1. The van der Waals surface area contributed by atoms with Gasteiger partial charge in [0, 0.05) is 30.6 Å². The number of carbonyl (C=O) groups is 2. The van der Waals surface area contributed by atoms with Crippen LogP contribution in [0.1, 0.15) is 17.7 Å². The van der Waals surface area contributed by atoms with Gasteiger partial charge in [0.2, 0.25) is 11.8 Å². The predicted molar refractivity (Wildman–Crippen MR) is 92.5 cm³/mol. The Morgan fingerprint density at radius 3 is 2.96 bits per heavy atom. The molecule has 1 saturated heterocycles. The van der Waals surface area contributed by atoms with Gasteiger partial charge < -0.3 is 10.2 Å². The normalized spacial score (nSPS) is 17.3. The number of aryl methyl sites for hydroxylation is 2. The number of hydrogen-bond donors (Lipinski definition) is 1. The number of anilines is 1. The molecule has 6 nitrogen and oxygen atoms in total. The molecule has 6 heteroatoms. The smallest absolute Gasteiger partial charge is 0.230 e. The van der Waals surface area contributed by atoms with Crippen LogP contribution < -0.4 is 5.32 Å². The van der Waals surface area contributed by atoms with E-state index < -0.39 is 0 Å². The SMILES string of the molecule is C=CCN1C[C@@H](C(=O)Nc2ccc3c(C)cc(C)nc3n2)CC1=O. The maximum Gasteiger partial charge on any atom is 0.230 e. The lowest BCUT2D eigenvalue weighted by molar-refractivity contribution is -0.127. The van der Waals surface area contributed by atoms with Crippen LogP contribution in [0.3, 0.4) is 0 Å². The van der Waals surface area contributed by atoms with Crippen LogP contribution in [-0.2, 0) is 9.59 Å². The summed E-state index contributed by atoms with van der Waals surface area (Å²) in [5, 5.41) is 3.77. The molecule has 3 rings (SSSR count). The van der Waals surface area contributed by atoms with Crippen molar-refractivity contribution in [2.75, 3.05) is 18.4 Å². The average molecular weight is 324 g/mol. The van der Waals surface area contributed by atoms with E-state index in [1.807, 2.05) is 26.0 Å². The highest BCUT2D eigenvalue weighted by Crippen LogP contribution is 2.21. The highest BCUT2D eigenvalue weighted by Gasteiger charge is 2.33. The molecule has 1 aliphatic rings. The van der Waals surface area contributed by atoms with Gasteiger partial charge in [0.15, 0.2) is 5.65 Å². The molecule has 1 fully saturated rings. The first-order chi connectivity index (χ1) is 11.5. The Hall–Kier alpha value is -2.76. The molecule has 2 amide bonds. The van der Waals surface area contributed by atoms with Gasteiger partial charge in [-0.05, 0) is 37.6 Å². The van der Waals surface area contributed by atoms with Gasteiger partial charge >= 0.3 is 0 Å². The van der Waals surface area contributed by atoms with Crippen LogP contribution in [-0.4, -0.2) is 39.8 Å². The molecule has 1 N–H and O–H groups in total. The number of likely N-dealkylation sites (tertiary alicyclic amines) is 1. The van der Waals surface area contributed by atoms with Crippen LogP contribution in [0.5, 0.6) is 0 Å². The molecule has 1 atom stereocenters. The van der Waals surface area contributed by atoms with E-state index in [0.29, 0.717) is 24.6 Å².